The van der Waals surface area contributed by atoms with Crippen LogP contribution in [-0.2, 0) is 9.53 Å². The zero-order valence-corrected chi connectivity index (χ0v) is 10.9. The van der Waals surface area contributed by atoms with E-state index >= 15 is 0 Å². The molecular formula is C13H13ClN2O3. The van der Waals surface area contributed by atoms with Crippen molar-refractivity contribution in [3.05, 3.63) is 28.8 Å². The molecule has 0 amide bonds. The molecule has 6 heteroatoms. The molecular weight excluding hydrogens is 268 g/mol. The fourth-order valence-corrected chi connectivity index (χ4v) is 2.28. The molecule has 5 nitrogen and oxygen atoms in total. The molecule has 1 saturated heterocycles. The standard InChI is InChI=1S/C13H13ClN2O3/c14-10-2-1-9(7-15)12(5-10)16-3-4-19-11(8-16)6-13(17)18/h1-2,5,11H,3-4,6,8H2,(H,17,18). The van der Waals surface area contributed by atoms with Gasteiger partial charge in [0.2, 0.25) is 0 Å². The van der Waals surface area contributed by atoms with E-state index in [0.717, 1.165) is 5.69 Å². The van der Waals surface area contributed by atoms with Gasteiger partial charge in [-0.25, -0.2) is 0 Å². The van der Waals surface area contributed by atoms with Crippen LogP contribution in [0.1, 0.15) is 12.0 Å². The quantitative estimate of drug-likeness (QED) is 0.915. The Morgan fingerprint density at radius 3 is 3.11 bits per heavy atom. The summed E-state index contributed by atoms with van der Waals surface area (Å²) in [5, 5.41) is 18.5. The number of nitrogens with zero attached hydrogens (tertiary/aromatic N) is 2. The van der Waals surface area contributed by atoms with Gasteiger partial charge in [0.25, 0.3) is 0 Å². The Labute approximate surface area is 116 Å². The maximum atomic E-state index is 10.7. The van der Waals surface area contributed by atoms with Gasteiger partial charge in [-0.05, 0) is 18.2 Å². The molecule has 0 radical (unpaired) electrons. The Hall–Kier alpha value is -1.77. The number of halogens is 1. The average Bonchev–Trinajstić information content (AvgIpc) is 2.38. The molecule has 1 fully saturated rings. The van der Waals surface area contributed by atoms with Crippen molar-refractivity contribution in [3.8, 4) is 6.07 Å². The van der Waals surface area contributed by atoms with Gasteiger partial charge in [0.1, 0.15) is 6.07 Å². The van der Waals surface area contributed by atoms with Crippen LogP contribution in [0.25, 0.3) is 0 Å². The summed E-state index contributed by atoms with van der Waals surface area (Å²) in [4.78, 5) is 12.7. The lowest BCUT2D eigenvalue weighted by molar-refractivity contribution is -0.140. The van der Waals surface area contributed by atoms with Crippen molar-refractivity contribution in [1.29, 1.82) is 5.26 Å². The van der Waals surface area contributed by atoms with Gasteiger partial charge in [0.15, 0.2) is 0 Å². The third-order valence-corrected chi connectivity index (χ3v) is 3.20. The van der Waals surface area contributed by atoms with E-state index in [1.807, 2.05) is 4.90 Å². The van der Waals surface area contributed by atoms with Gasteiger partial charge in [0.05, 0.1) is 30.4 Å². The normalized spacial score (nSPS) is 18.9. The van der Waals surface area contributed by atoms with E-state index in [-0.39, 0.29) is 12.5 Å². The fraction of sp³-hybridized carbons (Fsp3) is 0.385. The van der Waals surface area contributed by atoms with Gasteiger partial charge in [-0.1, -0.05) is 11.6 Å². The number of benzene rings is 1. The van der Waals surface area contributed by atoms with Crippen LogP contribution in [0.3, 0.4) is 0 Å². The van der Waals surface area contributed by atoms with E-state index in [1.54, 1.807) is 18.2 Å². The first-order valence-corrected chi connectivity index (χ1v) is 6.26. The van der Waals surface area contributed by atoms with Crippen molar-refractivity contribution in [1.82, 2.24) is 0 Å². The second-order valence-electron chi connectivity index (χ2n) is 4.31. The number of nitriles is 1. The summed E-state index contributed by atoms with van der Waals surface area (Å²) in [6.45, 7) is 1.50. The Bertz CT molecular complexity index is 527. The number of anilines is 1. The lowest BCUT2D eigenvalue weighted by atomic mass is 10.1. The summed E-state index contributed by atoms with van der Waals surface area (Å²) < 4.78 is 5.41. The van der Waals surface area contributed by atoms with Crippen molar-refractivity contribution in [2.75, 3.05) is 24.6 Å². The van der Waals surface area contributed by atoms with Gasteiger partial charge < -0.3 is 14.7 Å². The maximum absolute atomic E-state index is 10.7. The molecule has 1 atom stereocenters. The Morgan fingerprint density at radius 2 is 2.42 bits per heavy atom. The van der Waals surface area contributed by atoms with Crippen LogP contribution in [0.2, 0.25) is 5.02 Å². The highest BCUT2D eigenvalue weighted by atomic mass is 35.5. The number of hydrogen-bond donors (Lipinski definition) is 1. The Kier molecular flexibility index (Phi) is 4.25. The van der Waals surface area contributed by atoms with Crippen LogP contribution in [0, 0.1) is 11.3 Å². The molecule has 1 unspecified atom stereocenters. The zero-order valence-electron chi connectivity index (χ0n) is 10.2. The smallest absolute Gasteiger partial charge is 0.306 e. The molecule has 1 N–H and O–H groups in total. The molecule has 0 saturated carbocycles. The molecule has 1 heterocycles. The van der Waals surface area contributed by atoms with E-state index in [0.29, 0.717) is 30.3 Å². The summed E-state index contributed by atoms with van der Waals surface area (Å²) in [5.74, 6) is -0.890. The predicted molar refractivity (Wildman–Crippen MR) is 70.4 cm³/mol. The summed E-state index contributed by atoms with van der Waals surface area (Å²) in [7, 11) is 0. The number of morpholine rings is 1. The highest BCUT2D eigenvalue weighted by Gasteiger charge is 2.24. The topological polar surface area (TPSA) is 73.6 Å². The largest absolute Gasteiger partial charge is 0.481 e. The van der Waals surface area contributed by atoms with E-state index in [1.165, 1.54) is 0 Å². The molecule has 0 aliphatic carbocycles. The molecule has 1 aliphatic rings. The van der Waals surface area contributed by atoms with Crippen molar-refractivity contribution in [2.45, 2.75) is 12.5 Å². The first kappa shape index (κ1) is 13.7. The van der Waals surface area contributed by atoms with Crippen LogP contribution in [0.15, 0.2) is 18.2 Å². The molecule has 1 aromatic rings. The van der Waals surface area contributed by atoms with Crippen molar-refractivity contribution in [3.63, 3.8) is 0 Å². The molecule has 0 bridgehead atoms. The van der Waals surface area contributed by atoms with Gasteiger partial charge in [-0.2, -0.15) is 5.26 Å². The van der Waals surface area contributed by atoms with Gasteiger partial charge in [-0.3, -0.25) is 4.79 Å². The minimum atomic E-state index is -0.890. The van der Waals surface area contributed by atoms with Gasteiger partial charge in [-0.15, -0.1) is 0 Å². The summed E-state index contributed by atoms with van der Waals surface area (Å²) >= 11 is 5.95. The SMILES string of the molecule is N#Cc1ccc(Cl)cc1N1CCOC(CC(=O)O)C1. The van der Waals surface area contributed by atoms with Crippen molar-refractivity contribution >= 4 is 23.3 Å². The van der Waals surface area contributed by atoms with Crippen LogP contribution < -0.4 is 4.90 Å². The molecule has 100 valence electrons. The fourth-order valence-electron chi connectivity index (χ4n) is 2.12. The number of hydrogen-bond acceptors (Lipinski definition) is 4. The van der Waals surface area contributed by atoms with Crippen LogP contribution in [0.5, 0.6) is 0 Å². The van der Waals surface area contributed by atoms with Crippen molar-refractivity contribution in [2.24, 2.45) is 0 Å². The second-order valence-corrected chi connectivity index (χ2v) is 4.75. The number of aliphatic carboxylic acids is 1. The van der Waals surface area contributed by atoms with Gasteiger partial charge >= 0.3 is 5.97 Å². The highest BCUT2D eigenvalue weighted by molar-refractivity contribution is 6.30. The van der Waals surface area contributed by atoms with E-state index in [4.69, 9.17) is 26.7 Å². The molecule has 1 aliphatic heterocycles. The molecule has 0 aromatic heterocycles. The predicted octanol–water partition coefficient (Wildman–Crippen LogP) is 1.89. The van der Waals surface area contributed by atoms with E-state index in [9.17, 15) is 4.79 Å². The van der Waals surface area contributed by atoms with E-state index in [2.05, 4.69) is 6.07 Å². The molecule has 2 rings (SSSR count). The van der Waals surface area contributed by atoms with Crippen molar-refractivity contribution < 1.29 is 14.6 Å². The first-order valence-electron chi connectivity index (χ1n) is 5.88. The maximum Gasteiger partial charge on any atom is 0.306 e. The number of ether oxygens (including phenoxy) is 1. The number of carboxylic acids is 1. The highest BCUT2D eigenvalue weighted by Crippen LogP contribution is 2.26. The number of carbonyl (C=O) groups is 1. The van der Waals surface area contributed by atoms with Crippen LogP contribution in [0.4, 0.5) is 5.69 Å². The monoisotopic (exact) mass is 280 g/mol. The Balaban J connectivity index is 2.19. The van der Waals surface area contributed by atoms with E-state index < -0.39 is 5.97 Å². The lowest BCUT2D eigenvalue weighted by Crippen LogP contribution is -2.43. The minimum absolute atomic E-state index is 0.0427. The van der Waals surface area contributed by atoms with Crippen LogP contribution in [-0.4, -0.2) is 36.9 Å². The molecule has 1 aromatic carbocycles. The second kappa shape index (κ2) is 5.91. The number of carboxylic acid groups (broad SMARTS) is 1. The number of rotatable bonds is 3. The first-order chi connectivity index (χ1) is 9.10. The summed E-state index contributed by atoms with van der Waals surface area (Å²) in [5.41, 5.74) is 1.26. The van der Waals surface area contributed by atoms with Crippen LogP contribution >= 0.6 is 11.6 Å². The third kappa shape index (κ3) is 3.37. The summed E-state index contributed by atoms with van der Waals surface area (Å²) in [6, 6.07) is 7.18. The Morgan fingerprint density at radius 1 is 1.63 bits per heavy atom. The average molecular weight is 281 g/mol. The molecule has 0 spiro atoms. The third-order valence-electron chi connectivity index (χ3n) is 2.96. The summed E-state index contributed by atoms with van der Waals surface area (Å²) in [6.07, 6.45) is -0.407. The molecule has 19 heavy (non-hydrogen) atoms. The van der Waals surface area contributed by atoms with Gasteiger partial charge in [0, 0.05) is 18.1 Å². The lowest BCUT2D eigenvalue weighted by Gasteiger charge is -2.34. The minimum Gasteiger partial charge on any atom is -0.481 e. The zero-order chi connectivity index (χ0) is 13.8.